The van der Waals surface area contributed by atoms with Gasteiger partial charge in [0.05, 0.1) is 11.1 Å². The largest absolute Gasteiger partial charge is 0.416 e. The highest BCUT2D eigenvalue weighted by Crippen LogP contribution is 2.29. The second kappa shape index (κ2) is 10.3. The van der Waals surface area contributed by atoms with Crippen LogP contribution >= 0.6 is 12.2 Å². The minimum Gasteiger partial charge on any atom is -0.367 e. The number of carbonyl (C=O) groups is 1. The van der Waals surface area contributed by atoms with Gasteiger partial charge in [0.2, 0.25) is 0 Å². The molecule has 3 N–H and O–H groups in total. The van der Waals surface area contributed by atoms with Crippen molar-refractivity contribution in [1.82, 2.24) is 15.1 Å². The van der Waals surface area contributed by atoms with Crippen LogP contribution in [-0.2, 0) is 12.7 Å². The number of halogens is 3. The minimum absolute atomic E-state index is 0.0415. The average Bonchev–Trinajstić information content (AvgIpc) is 2.79. The monoisotopic (exact) mass is 489 g/mol. The molecule has 0 saturated carbocycles. The summed E-state index contributed by atoms with van der Waals surface area (Å²) in [6, 6.07) is 13.7. The van der Waals surface area contributed by atoms with Crippen molar-refractivity contribution < 1.29 is 18.0 Å². The number of nitrogens with zero attached hydrogens (tertiary/aromatic N) is 2. The van der Waals surface area contributed by atoms with Gasteiger partial charge in [-0.25, -0.2) is 4.79 Å². The first kappa shape index (κ1) is 25.2. The number of hydrogen-bond donors (Lipinski definition) is 3. The number of hydrogen-bond acceptors (Lipinski definition) is 5. The van der Waals surface area contributed by atoms with Crippen molar-refractivity contribution in [3.63, 3.8) is 0 Å². The lowest BCUT2D eigenvalue weighted by Crippen LogP contribution is -2.56. The zero-order valence-electron chi connectivity index (χ0n) is 19.0. The number of carbonyl (C=O) groups excluding carboxylic acids is 1. The molecule has 2 amide bonds. The van der Waals surface area contributed by atoms with Crippen LogP contribution in [0.3, 0.4) is 0 Å². The van der Waals surface area contributed by atoms with Gasteiger partial charge in [-0.1, -0.05) is 56.4 Å². The third kappa shape index (κ3) is 5.74. The highest BCUT2D eigenvalue weighted by atomic mass is 32.1. The summed E-state index contributed by atoms with van der Waals surface area (Å²) in [5, 5.41) is 15.1. The Morgan fingerprint density at radius 1 is 1.09 bits per heavy atom. The molecule has 1 fully saturated rings. The summed E-state index contributed by atoms with van der Waals surface area (Å²) >= 11 is 5.53. The average molecular weight is 490 g/mol. The molecule has 180 valence electrons. The van der Waals surface area contributed by atoms with Gasteiger partial charge in [-0.15, -0.1) is 0 Å². The smallest absolute Gasteiger partial charge is 0.367 e. The number of likely N-dealkylation sites (N-methyl/N-ethyl adjacent to an activating group) is 1. The van der Waals surface area contributed by atoms with Crippen LogP contribution in [0.2, 0.25) is 0 Å². The Labute approximate surface area is 201 Å². The molecule has 1 aliphatic heterocycles. The predicted molar refractivity (Wildman–Crippen MR) is 130 cm³/mol. The minimum atomic E-state index is -4.41. The Bertz CT molecular complexity index is 1100. The number of anilines is 1. The Morgan fingerprint density at radius 2 is 1.71 bits per heavy atom. The summed E-state index contributed by atoms with van der Waals surface area (Å²) in [7, 11) is 1.56. The molecule has 0 unspecified atom stereocenters. The van der Waals surface area contributed by atoms with Gasteiger partial charge in [0.25, 0.3) is 0 Å². The molecule has 3 rings (SSSR count). The number of amides is 2. The van der Waals surface area contributed by atoms with E-state index in [0.717, 1.165) is 17.8 Å². The number of benzene rings is 2. The fraction of sp³-hybridized carbons (Fsp3) is 0.292. The van der Waals surface area contributed by atoms with Gasteiger partial charge < -0.3 is 10.6 Å². The second-order valence-electron chi connectivity index (χ2n) is 8.29. The first-order chi connectivity index (χ1) is 16.0. The highest BCUT2D eigenvalue weighted by Gasteiger charge is 2.37. The first-order valence-corrected chi connectivity index (χ1v) is 11.0. The first-order valence-electron chi connectivity index (χ1n) is 10.6. The van der Waals surface area contributed by atoms with Gasteiger partial charge in [-0.05, 0) is 35.7 Å². The molecule has 2 aromatic carbocycles. The fourth-order valence-electron chi connectivity index (χ4n) is 3.39. The lowest BCUT2D eigenvalue weighted by Gasteiger charge is -2.37. The van der Waals surface area contributed by atoms with E-state index in [-0.39, 0.29) is 29.3 Å². The van der Waals surface area contributed by atoms with Crippen LogP contribution in [-0.4, -0.2) is 40.2 Å². The van der Waals surface area contributed by atoms with Crippen LogP contribution in [0.4, 0.5) is 23.7 Å². The fourth-order valence-corrected chi connectivity index (χ4v) is 3.67. The maximum Gasteiger partial charge on any atom is 0.416 e. The van der Waals surface area contributed by atoms with Crippen molar-refractivity contribution in [1.29, 1.82) is 5.41 Å². The molecule has 0 aromatic heterocycles. The lowest BCUT2D eigenvalue weighted by atomic mass is 10.1. The van der Waals surface area contributed by atoms with E-state index in [9.17, 15) is 18.0 Å². The highest BCUT2D eigenvalue weighted by molar-refractivity contribution is 7.80. The van der Waals surface area contributed by atoms with Crippen LogP contribution in [0.5, 0.6) is 0 Å². The summed E-state index contributed by atoms with van der Waals surface area (Å²) in [5.74, 6) is 0.464. The summed E-state index contributed by atoms with van der Waals surface area (Å²) < 4.78 is 38.7. The standard InChI is InChI=1S/C24H26F3N5OS/c1-15(2)14-32-20(28)19(22(34)31(3)23(32)33)21(30-18-7-5-4-6-8-18)29-13-16-9-11-17(12-10-16)24(25,26)27/h4-12,15,28-30H,13-14H2,1-3H3/b21-19-,28-20?. The van der Waals surface area contributed by atoms with E-state index in [4.69, 9.17) is 17.6 Å². The van der Waals surface area contributed by atoms with Gasteiger partial charge >= 0.3 is 12.2 Å². The zero-order valence-corrected chi connectivity index (χ0v) is 19.8. The van der Waals surface area contributed by atoms with Crippen molar-refractivity contribution in [2.75, 3.05) is 18.9 Å². The van der Waals surface area contributed by atoms with E-state index in [2.05, 4.69) is 10.6 Å². The molecule has 0 atom stereocenters. The van der Waals surface area contributed by atoms with E-state index in [1.807, 2.05) is 44.2 Å². The van der Waals surface area contributed by atoms with Gasteiger partial charge in [-0.2, -0.15) is 13.2 Å². The van der Waals surface area contributed by atoms with Crippen molar-refractivity contribution in [3.05, 3.63) is 77.1 Å². The number of urea groups is 1. The molecule has 10 heteroatoms. The van der Waals surface area contributed by atoms with E-state index in [0.29, 0.717) is 23.5 Å². The molecule has 0 aliphatic carbocycles. The molecule has 34 heavy (non-hydrogen) atoms. The summed E-state index contributed by atoms with van der Waals surface area (Å²) in [6.07, 6.45) is -4.41. The van der Waals surface area contributed by atoms with Gasteiger partial charge in [0, 0.05) is 25.8 Å². The topological polar surface area (TPSA) is 71.5 Å². The molecule has 0 radical (unpaired) electrons. The molecule has 1 heterocycles. The summed E-state index contributed by atoms with van der Waals surface area (Å²) in [5.41, 5.74) is 0.929. The van der Waals surface area contributed by atoms with Gasteiger partial charge in [-0.3, -0.25) is 15.2 Å². The zero-order chi connectivity index (χ0) is 25.0. The van der Waals surface area contributed by atoms with Crippen LogP contribution in [0.15, 0.2) is 66.0 Å². The van der Waals surface area contributed by atoms with E-state index in [1.165, 1.54) is 21.9 Å². The van der Waals surface area contributed by atoms with Crippen LogP contribution < -0.4 is 10.6 Å². The Morgan fingerprint density at radius 3 is 2.26 bits per heavy atom. The third-order valence-electron chi connectivity index (χ3n) is 5.13. The number of para-hydroxylation sites is 1. The quantitative estimate of drug-likeness (QED) is 0.358. The third-order valence-corrected chi connectivity index (χ3v) is 5.61. The molecule has 0 bridgehead atoms. The number of amidine groups is 1. The van der Waals surface area contributed by atoms with Crippen molar-refractivity contribution in [2.45, 2.75) is 26.6 Å². The van der Waals surface area contributed by atoms with Crippen LogP contribution in [0, 0.1) is 11.3 Å². The van der Waals surface area contributed by atoms with Crippen molar-refractivity contribution >= 4 is 34.8 Å². The van der Waals surface area contributed by atoms with Crippen LogP contribution in [0.1, 0.15) is 25.0 Å². The van der Waals surface area contributed by atoms with Crippen LogP contribution in [0.25, 0.3) is 0 Å². The van der Waals surface area contributed by atoms with E-state index >= 15 is 0 Å². The summed E-state index contributed by atoms with van der Waals surface area (Å²) in [6.45, 7) is 4.41. The predicted octanol–water partition coefficient (Wildman–Crippen LogP) is 5.45. The molecule has 6 nitrogen and oxygen atoms in total. The number of nitrogens with one attached hydrogen (secondary N) is 3. The maximum absolute atomic E-state index is 12.9. The van der Waals surface area contributed by atoms with Crippen molar-refractivity contribution in [3.8, 4) is 0 Å². The van der Waals surface area contributed by atoms with Gasteiger partial charge in [0.15, 0.2) is 0 Å². The Hall–Kier alpha value is -3.40. The van der Waals surface area contributed by atoms with E-state index < -0.39 is 11.7 Å². The Balaban J connectivity index is 1.97. The van der Waals surface area contributed by atoms with E-state index in [1.54, 1.807) is 7.05 Å². The second-order valence-corrected chi connectivity index (χ2v) is 8.68. The number of alkyl halides is 3. The molecule has 1 saturated heterocycles. The molecule has 2 aromatic rings. The number of thiocarbonyl (C=S) groups is 1. The SMILES string of the molecule is CC(C)CN1C(=N)/C(=C(\NCc2ccc(C(F)(F)F)cc2)Nc2ccccc2)C(=S)N(C)C1=O. The molecule has 0 spiro atoms. The number of rotatable bonds is 7. The van der Waals surface area contributed by atoms with Crippen molar-refractivity contribution in [2.24, 2.45) is 5.92 Å². The Kier molecular flexibility index (Phi) is 7.61. The summed E-state index contributed by atoms with van der Waals surface area (Å²) in [4.78, 5) is 15.6. The normalized spacial score (nSPS) is 16.3. The lowest BCUT2D eigenvalue weighted by molar-refractivity contribution is -0.137. The maximum atomic E-state index is 12.9. The van der Waals surface area contributed by atoms with Gasteiger partial charge in [0.1, 0.15) is 16.6 Å². The molecule has 1 aliphatic rings. The molecular weight excluding hydrogens is 463 g/mol. The molecular formula is C24H26F3N5OS.